The van der Waals surface area contributed by atoms with Gasteiger partial charge in [-0.3, -0.25) is 9.59 Å². The number of carbonyl (C=O) groups excluding carboxylic acids is 1. The van der Waals surface area contributed by atoms with Crippen molar-refractivity contribution in [3.63, 3.8) is 0 Å². The summed E-state index contributed by atoms with van der Waals surface area (Å²) >= 11 is 0. The minimum Gasteiger partial charge on any atom is -0.480 e. The van der Waals surface area contributed by atoms with E-state index in [1.54, 1.807) is 0 Å². The van der Waals surface area contributed by atoms with Gasteiger partial charge in [-0.15, -0.1) is 0 Å². The molecule has 2 N–H and O–H groups in total. The van der Waals surface area contributed by atoms with Crippen molar-refractivity contribution in [1.82, 2.24) is 5.32 Å². The predicted octanol–water partition coefficient (Wildman–Crippen LogP) is 0.784. The molecular weight excluding hydrogens is 210 g/mol. The lowest BCUT2D eigenvalue weighted by atomic mass is 9.66. The van der Waals surface area contributed by atoms with Gasteiger partial charge in [-0.25, -0.2) is 0 Å². The van der Waals surface area contributed by atoms with Gasteiger partial charge in [0.15, 0.2) is 0 Å². The number of carboxylic acid groups (broad SMARTS) is 1. The van der Waals surface area contributed by atoms with Crippen LogP contribution in [-0.4, -0.2) is 36.7 Å². The molecule has 0 aromatic rings. The Hall–Kier alpha value is -1.10. The molecule has 0 aromatic carbocycles. The van der Waals surface area contributed by atoms with E-state index in [4.69, 9.17) is 9.84 Å². The summed E-state index contributed by atoms with van der Waals surface area (Å²) in [5.74, 6) is -1.14. The summed E-state index contributed by atoms with van der Waals surface area (Å²) in [6, 6.07) is 0. The smallest absolute Gasteiger partial charge is 0.322 e. The van der Waals surface area contributed by atoms with E-state index in [2.05, 4.69) is 5.32 Å². The van der Waals surface area contributed by atoms with Crippen molar-refractivity contribution in [2.24, 2.45) is 5.41 Å². The number of nitrogens with one attached hydrogen (secondary N) is 1. The minimum atomic E-state index is -1.01. The normalized spacial score (nSPS) is 17.6. The summed E-state index contributed by atoms with van der Waals surface area (Å²) in [5.41, 5.74) is -0.370. The molecule has 1 saturated carbocycles. The predicted molar refractivity (Wildman–Crippen MR) is 58.0 cm³/mol. The SMILES string of the molecule is CCOCCC1(C(=O)NCC(=O)O)CCC1. The molecule has 0 heterocycles. The van der Waals surface area contributed by atoms with Gasteiger partial charge in [0.05, 0.1) is 5.41 Å². The van der Waals surface area contributed by atoms with Gasteiger partial charge in [0.1, 0.15) is 6.54 Å². The van der Waals surface area contributed by atoms with Crippen LogP contribution >= 0.6 is 0 Å². The van der Waals surface area contributed by atoms with Gasteiger partial charge in [-0.2, -0.15) is 0 Å². The van der Waals surface area contributed by atoms with Gasteiger partial charge in [0.2, 0.25) is 5.91 Å². The van der Waals surface area contributed by atoms with Crippen molar-refractivity contribution in [3.8, 4) is 0 Å². The van der Waals surface area contributed by atoms with E-state index in [0.717, 1.165) is 19.3 Å². The lowest BCUT2D eigenvalue weighted by Gasteiger charge is -2.40. The van der Waals surface area contributed by atoms with E-state index in [1.807, 2.05) is 6.92 Å². The number of ether oxygens (including phenoxy) is 1. The molecule has 0 bridgehead atoms. The average Bonchev–Trinajstić information content (AvgIpc) is 2.18. The minimum absolute atomic E-state index is 0.138. The van der Waals surface area contributed by atoms with Gasteiger partial charge in [-0.05, 0) is 26.2 Å². The van der Waals surface area contributed by atoms with Crippen LogP contribution < -0.4 is 5.32 Å². The molecule has 0 spiro atoms. The number of carboxylic acids is 1. The summed E-state index contributed by atoms with van der Waals surface area (Å²) in [4.78, 5) is 22.2. The van der Waals surface area contributed by atoms with E-state index >= 15 is 0 Å². The van der Waals surface area contributed by atoms with Crippen LogP contribution in [0.1, 0.15) is 32.6 Å². The lowest BCUT2D eigenvalue weighted by Crippen LogP contribution is -2.47. The molecule has 5 heteroatoms. The molecule has 0 atom stereocenters. The quantitative estimate of drug-likeness (QED) is 0.633. The van der Waals surface area contributed by atoms with Crippen LogP contribution in [-0.2, 0) is 14.3 Å². The van der Waals surface area contributed by atoms with Gasteiger partial charge in [-0.1, -0.05) is 6.42 Å². The van der Waals surface area contributed by atoms with E-state index in [-0.39, 0.29) is 17.9 Å². The van der Waals surface area contributed by atoms with Crippen LogP contribution in [0.25, 0.3) is 0 Å². The van der Waals surface area contributed by atoms with Crippen molar-refractivity contribution < 1.29 is 19.4 Å². The number of carbonyl (C=O) groups is 2. The van der Waals surface area contributed by atoms with Gasteiger partial charge < -0.3 is 15.2 Å². The number of rotatable bonds is 7. The number of hydrogen-bond donors (Lipinski definition) is 2. The summed E-state index contributed by atoms with van der Waals surface area (Å²) < 4.78 is 5.24. The summed E-state index contributed by atoms with van der Waals surface area (Å²) in [7, 11) is 0. The summed E-state index contributed by atoms with van der Waals surface area (Å²) in [6.45, 7) is 2.83. The molecule has 1 aliphatic rings. The fourth-order valence-electron chi connectivity index (χ4n) is 1.95. The van der Waals surface area contributed by atoms with Crippen LogP contribution in [0.15, 0.2) is 0 Å². The first-order valence-electron chi connectivity index (χ1n) is 5.68. The molecule has 1 rings (SSSR count). The van der Waals surface area contributed by atoms with Crippen LogP contribution in [0.2, 0.25) is 0 Å². The fourth-order valence-corrected chi connectivity index (χ4v) is 1.95. The zero-order valence-electron chi connectivity index (χ0n) is 9.62. The topological polar surface area (TPSA) is 75.6 Å². The molecule has 5 nitrogen and oxygen atoms in total. The molecule has 0 saturated heterocycles. The van der Waals surface area contributed by atoms with Crippen molar-refractivity contribution in [2.75, 3.05) is 19.8 Å². The standard InChI is InChI=1S/C11H19NO4/c1-2-16-7-6-11(4-3-5-11)10(15)12-8-9(13)14/h2-8H2,1H3,(H,12,15)(H,13,14). The highest BCUT2D eigenvalue weighted by Gasteiger charge is 2.43. The Bertz CT molecular complexity index is 261. The molecule has 0 unspecified atom stereocenters. The zero-order valence-corrected chi connectivity index (χ0v) is 9.62. The lowest BCUT2D eigenvalue weighted by molar-refractivity contribution is -0.143. The molecule has 0 aromatic heterocycles. The van der Waals surface area contributed by atoms with E-state index in [0.29, 0.717) is 19.6 Å². The van der Waals surface area contributed by atoms with Crippen LogP contribution in [0.4, 0.5) is 0 Å². The van der Waals surface area contributed by atoms with Crippen LogP contribution in [0.3, 0.4) is 0 Å². The van der Waals surface area contributed by atoms with Gasteiger partial charge in [0, 0.05) is 13.2 Å². The Morgan fingerprint density at radius 3 is 2.56 bits per heavy atom. The van der Waals surface area contributed by atoms with Crippen LogP contribution in [0.5, 0.6) is 0 Å². The average molecular weight is 229 g/mol. The van der Waals surface area contributed by atoms with E-state index < -0.39 is 5.97 Å². The molecule has 1 fully saturated rings. The van der Waals surface area contributed by atoms with E-state index in [1.165, 1.54) is 0 Å². The largest absolute Gasteiger partial charge is 0.480 e. The molecular formula is C11H19NO4. The van der Waals surface area contributed by atoms with Crippen molar-refractivity contribution >= 4 is 11.9 Å². The number of hydrogen-bond acceptors (Lipinski definition) is 3. The van der Waals surface area contributed by atoms with Gasteiger partial charge >= 0.3 is 5.97 Å². The van der Waals surface area contributed by atoms with Crippen molar-refractivity contribution in [2.45, 2.75) is 32.6 Å². The maximum absolute atomic E-state index is 11.8. The second-order valence-corrected chi connectivity index (χ2v) is 4.16. The second kappa shape index (κ2) is 5.84. The first kappa shape index (κ1) is 13.0. The highest BCUT2D eigenvalue weighted by Crippen LogP contribution is 2.44. The molecule has 16 heavy (non-hydrogen) atoms. The van der Waals surface area contributed by atoms with E-state index in [9.17, 15) is 9.59 Å². The fraction of sp³-hybridized carbons (Fsp3) is 0.818. The first-order valence-corrected chi connectivity index (χ1v) is 5.68. The van der Waals surface area contributed by atoms with Crippen LogP contribution in [0, 0.1) is 5.41 Å². The highest BCUT2D eigenvalue weighted by atomic mass is 16.5. The number of amides is 1. The summed E-state index contributed by atoms with van der Waals surface area (Å²) in [5, 5.41) is 11.0. The molecule has 92 valence electrons. The molecule has 1 aliphatic carbocycles. The Labute approximate surface area is 95.2 Å². The zero-order chi connectivity index (χ0) is 12.0. The first-order chi connectivity index (χ1) is 7.60. The second-order valence-electron chi connectivity index (χ2n) is 4.16. The van der Waals surface area contributed by atoms with Crippen molar-refractivity contribution in [1.29, 1.82) is 0 Å². The third-order valence-corrected chi connectivity index (χ3v) is 3.12. The third kappa shape index (κ3) is 3.20. The molecule has 0 radical (unpaired) electrons. The maximum Gasteiger partial charge on any atom is 0.322 e. The Kier molecular flexibility index (Phi) is 4.73. The number of aliphatic carboxylic acids is 1. The monoisotopic (exact) mass is 229 g/mol. The molecule has 0 aliphatic heterocycles. The van der Waals surface area contributed by atoms with Gasteiger partial charge in [0.25, 0.3) is 0 Å². The van der Waals surface area contributed by atoms with Crippen molar-refractivity contribution in [3.05, 3.63) is 0 Å². The Morgan fingerprint density at radius 1 is 1.44 bits per heavy atom. The Balaban J connectivity index is 2.38. The highest BCUT2D eigenvalue weighted by molar-refractivity contribution is 5.86. The molecule has 1 amide bonds. The summed E-state index contributed by atoms with van der Waals surface area (Å²) in [6.07, 6.45) is 3.40. The third-order valence-electron chi connectivity index (χ3n) is 3.12. The maximum atomic E-state index is 11.8. The Morgan fingerprint density at radius 2 is 2.12 bits per heavy atom.